The van der Waals surface area contributed by atoms with Crippen LogP contribution in [0.3, 0.4) is 0 Å². The summed E-state index contributed by atoms with van der Waals surface area (Å²) in [6.45, 7) is 3.83. The van der Waals surface area contributed by atoms with Crippen LogP contribution in [0.4, 0.5) is 0 Å². The molecule has 0 aromatic heterocycles. The summed E-state index contributed by atoms with van der Waals surface area (Å²) in [4.78, 5) is 29.8. The van der Waals surface area contributed by atoms with Gasteiger partial charge in [-0.15, -0.1) is 0 Å². The average Bonchev–Trinajstić information content (AvgIpc) is 3.20. The maximum Gasteiger partial charge on any atom is 0.302 e. The number of carbonyl (C=O) groups excluding carboxylic acids is 2. The number of amides is 1. The highest BCUT2D eigenvalue weighted by atomic mass is 16.5. The van der Waals surface area contributed by atoms with Gasteiger partial charge in [0.05, 0.1) is 41.6 Å². The van der Waals surface area contributed by atoms with Crippen LogP contribution in [0.5, 0.6) is 28.7 Å². The Balaban J connectivity index is 1.56. The van der Waals surface area contributed by atoms with E-state index in [1.165, 1.54) is 6.92 Å². The van der Waals surface area contributed by atoms with Gasteiger partial charge in [-0.05, 0) is 66.3 Å². The van der Waals surface area contributed by atoms with Crippen LogP contribution in [0.15, 0.2) is 29.8 Å². The van der Waals surface area contributed by atoms with Crippen molar-refractivity contribution in [3.8, 4) is 28.7 Å². The molecule has 0 bridgehead atoms. The second-order valence-corrected chi connectivity index (χ2v) is 10.2. The molecule has 0 radical (unpaired) electrons. The van der Waals surface area contributed by atoms with Crippen molar-refractivity contribution in [2.75, 3.05) is 61.8 Å². The number of nitrogens with zero attached hydrogens (tertiary/aromatic N) is 2. The minimum atomic E-state index is -0.372. The molecule has 1 amide bonds. The Morgan fingerprint density at radius 3 is 2.10 bits per heavy atom. The molecular formula is C31H40N2O8. The van der Waals surface area contributed by atoms with E-state index in [9.17, 15) is 9.59 Å². The van der Waals surface area contributed by atoms with E-state index in [2.05, 4.69) is 4.90 Å². The molecule has 1 heterocycles. The minimum absolute atomic E-state index is 0.0303. The largest absolute Gasteiger partial charge is 0.493 e. The monoisotopic (exact) mass is 568 g/mol. The quantitative estimate of drug-likeness (QED) is 0.397. The number of aryl methyl sites for hydroxylation is 1. The summed E-state index contributed by atoms with van der Waals surface area (Å²) in [5.41, 5.74) is 3.80. The molecule has 1 atom stereocenters. The van der Waals surface area contributed by atoms with E-state index in [0.29, 0.717) is 61.3 Å². The van der Waals surface area contributed by atoms with Crippen molar-refractivity contribution in [3.63, 3.8) is 0 Å². The zero-order chi connectivity index (χ0) is 29.5. The maximum absolute atomic E-state index is 13.9. The van der Waals surface area contributed by atoms with Crippen molar-refractivity contribution >= 4 is 18.0 Å². The summed E-state index contributed by atoms with van der Waals surface area (Å²) in [7, 11) is 7.98. The van der Waals surface area contributed by atoms with Crippen molar-refractivity contribution < 1.29 is 38.0 Å². The van der Waals surface area contributed by atoms with E-state index in [1.807, 2.05) is 35.2 Å². The molecule has 1 aliphatic heterocycles. The highest BCUT2D eigenvalue weighted by Gasteiger charge is 2.33. The number of hydrogen-bond donors (Lipinski definition) is 0. The summed E-state index contributed by atoms with van der Waals surface area (Å²) in [6.07, 6.45) is 4.31. The van der Waals surface area contributed by atoms with Crippen LogP contribution in [0.25, 0.3) is 6.08 Å². The number of ether oxygens (including phenoxy) is 6. The molecule has 2 aromatic rings. The Labute approximate surface area is 241 Å². The third-order valence-corrected chi connectivity index (χ3v) is 7.58. The van der Waals surface area contributed by atoms with Gasteiger partial charge in [-0.3, -0.25) is 14.5 Å². The number of methoxy groups -OCH3 is 5. The summed E-state index contributed by atoms with van der Waals surface area (Å²) >= 11 is 0. The van der Waals surface area contributed by atoms with E-state index in [0.717, 1.165) is 35.1 Å². The first-order valence-electron chi connectivity index (χ1n) is 13.7. The highest BCUT2D eigenvalue weighted by Crippen LogP contribution is 2.39. The van der Waals surface area contributed by atoms with E-state index in [-0.39, 0.29) is 24.5 Å². The number of rotatable bonds is 10. The van der Waals surface area contributed by atoms with Crippen molar-refractivity contribution in [1.82, 2.24) is 9.80 Å². The van der Waals surface area contributed by atoms with Crippen LogP contribution in [0.2, 0.25) is 0 Å². The fourth-order valence-electron chi connectivity index (χ4n) is 5.54. The Morgan fingerprint density at radius 2 is 1.49 bits per heavy atom. The topological polar surface area (TPSA) is 96.0 Å². The molecule has 10 nitrogen and oxygen atoms in total. The van der Waals surface area contributed by atoms with Crippen LogP contribution >= 0.6 is 0 Å². The SMILES string of the molecule is COc1cc2c(cc1OC)CCCC(C(=O)N1CCN(Cc3cc(OC)c(OC)c(OC)c3)CC1COC(C)=O)=C2. The van der Waals surface area contributed by atoms with Gasteiger partial charge in [-0.1, -0.05) is 0 Å². The first kappa shape index (κ1) is 30.0. The standard InChI is InChI=1S/C31H40N2O8/c1-20(34)41-19-25-18-32(17-21-12-28(38-4)30(40-6)29(13-21)39-5)10-11-33(25)31(35)23-9-7-8-22-15-26(36-2)27(37-3)16-24(22)14-23/h12-16,25H,7-11,17-19H2,1-6H3. The molecule has 0 spiro atoms. The lowest BCUT2D eigenvalue weighted by molar-refractivity contribution is -0.147. The Bertz CT molecular complexity index is 1270. The van der Waals surface area contributed by atoms with Gasteiger partial charge in [0.1, 0.15) is 6.61 Å². The zero-order valence-corrected chi connectivity index (χ0v) is 24.8. The fraction of sp³-hybridized carbons (Fsp3) is 0.484. The van der Waals surface area contributed by atoms with Crippen LogP contribution in [0.1, 0.15) is 36.5 Å². The van der Waals surface area contributed by atoms with Crippen molar-refractivity contribution in [2.45, 2.75) is 38.8 Å². The third-order valence-electron chi connectivity index (χ3n) is 7.58. The molecule has 222 valence electrons. The van der Waals surface area contributed by atoms with Crippen LogP contribution in [-0.4, -0.2) is 89.5 Å². The fourth-order valence-corrected chi connectivity index (χ4v) is 5.54. The number of fused-ring (bicyclic) bond motifs is 1. The van der Waals surface area contributed by atoms with E-state index < -0.39 is 0 Å². The predicted molar refractivity (Wildman–Crippen MR) is 154 cm³/mol. The lowest BCUT2D eigenvalue weighted by atomic mass is 10.0. The van der Waals surface area contributed by atoms with Crippen LogP contribution in [0, 0.1) is 0 Å². The molecular weight excluding hydrogens is 528 g/mol. The molecule has 1 saturated heterocycles. The lowest BCUT2D eigenvalue weighted by Crippen LogP contribution is -2.57. The van der Waals surface area contributed by atoms with Gasteiger partial charge in [0.25, 0.3) is 0 Å². The number of benzene rings is 2. The average molecular weight is 569 g/mol. The molecule has 1 aliphatic carbocycles. The van der Waals surface area contributed by atoms with Gasteiger partial charge in [0.15, 0.2) is 23.0 Å². The highest BCUT2D eigenvalue weighted by molar-refractivity contribution is 5.98. The molecule has 1 unspecified atom stereocenters. The third kappa shape index (κ3) is 6.87. The van der Waals surface area contributed by atoms with Gasteiger partial charge >= 0.3 is 5.97 Å². The van der Waals surface area contributed by atoms with Gasteiger partial charge in [0, 0.05) is 38.7 Å². The lowest BCUT2D eigenvalue weighted by Gasteiger charge is -2.41. The van der Waals surface area contributed by atoms with Gasteiger partial charge in [-0.2, -0.15) is 0 Å². The molecule has 4 rings (SSSR count). The van der Waals surface area contributed by atoms with E-state index in [4.69, 9.17) is 28.4 Å². The predicted octanol–water partition coefficient (Wildman–Crippen LogP) is 3.73. The molecule has 41 heavy (non-hydrogen) atoms. The van der Waals surface area contributed by atoms with E-state index >= 15 is 0 Å². The second kappa shape index (κ2) is 13.6. The zero-order valence-electron chi connectivity index (χ0n) is 24.8. The number of piperazine rings is 1. The smallest absolute Gasteiger partial charge is 0.302 e. The first-order chi connectivity index (χ1) is 19.8. The number of carbonyl (C=O) groups is 2. The van der Waals surface area contributed by atoms with Gasteiger partial charge in [0.2, 0.25) is 11.7 Å². The number of esters is 1. The van der Waals surface area contributed by atoms with Crippen LogP contribution < -0.4 is 23.7 Å². The second-order valence-electron chi connectivity index (χ2n) is 10.2. The molecule has 0 N–H and O–H groups in total. The summed E-state index contributed by atoms with van der Waals surface area (Å²) in [5.74, 6) is 2.61. The van der Waals surface area contributed by atoms with Crippen molar-refractivity contribution in [1.29, 1.82) is 0 Å². The maximum atomic E-state index is 13.9. The minimum Gasteiger partial charge on any atom is -0.493 e. The van der Waals surface area contributed by atoms with E-state index in [1.54, 1.807) is 35.5 Å². The van der Waals surface area contributed by atoms with Gasteiger partial charge in [-0.25, -0.2) is 0 Å². The molecule has 2 aromatic carbocycles. The Kier molecular flexibility index (Phi) is 9.99. The van der Waals surface area contributed by atoms with Crippen LogP contribution in [-0.2, 0) is 27.3 Å². The molecule has 1 fully saturated rings. The molecule has 0 saturated carbocycles. The summed E-state index contributed by atoms with van der Waals surface area (Å²) in [5, 5.41) is 0. The van der Waals surface area contributed by atoms with Crippen molar-refractivity contribution in [2.24, 2.45) is 0 Å². The summed E-state index contributed by atoms with van der Waals surface area (Å²) in [6, 6.07) is 7.48. The first-order valence-corrected chi connectivity index (χ1v) is 13.7. The molecule has 2 aliphatic rings. The normalized spacial score (nSPS) is 17.1. The number of hydrogen-bond acceptors (Lipinski definition) is 9. The Morgan fingerprint density at radius 1 is 0.829 bits per heavy atom. The Hall–Kier alpha value is -3.92. The van der Waals surface area contributed by atoms with Crippen molar-refractivity contribution in [3.05, 3.63) is 46.5 Å². The molecule has 10 heteroatoms. The summed E-state index contributed by atoms with van der Waals surface area (Å²) < 4.78 is 32.9. The van der Waals surface area contributed by atoms with Gasteiger partial charge < -0.3 is 33.3 Å².